The van der Waals surface area contributed by atoms with Gasteiger partial charge in [-0.15, -0.1) is 10.2 Å². The smallest absolute Gasteiger partial charge is 0.148 e. The standard InChI is InChI=1S/C13H16BrN3S/c1-2-8-15-9-7-12-16-17-13(18-12)10-5-3-4-6-11(10)14/h3-6,15H,2,7-9H2,1H3. The number of halogens is 1. The summed E-state index contributed by atoms with van der Waals surface area (Å²) >= 11 is 5.21. The van der Waals surface area contributed by atoms with Crippen LogP contribution < -0.4 is 5.32 Å². The summed E-state index contributed by atoms with van der Waals surface area (Å²) in [6.45, 7) is 4.21. The van der Waals surface area contributed by atoms with Gasteiger partial charge in [0.25, 0.3) is 0 Å². The van der Waals surface area contributed by atoms with E-state index in [2.05, 4.69) is 44.4 Å². The van der Waals surface area contributed by atoms with Gasteiger partial charge in [0.1, 0.15) is 10.0 Å². The molecule has 0 radical (unpaired) electrons. The van der Waals surface area contributed by atoms with Crippen molar-refractivity contribution in [3.05, 3.63) is 33.7 Å². The minimum absolute atomic E-state index is 0.947. The predicted octanol–water partition coefficient (Wildman–Crippen LogP) is 3.51. The van der Waals surface area contributed by atoms with Crippen LogP contribution >= 0.6 is 27.3 Å². The third-order valence-electron chi connectivity index (χ3n) is 2.51. The van der Waals surface area contributed by atoms with Crippen LogP contribution in [0.2, 0.25) is 0 Å². The fourth-order valence-electron chi connectivity index (χ4n) is 1.60. The van der Waals surface area contributed by atoms with E-state index in [9.17, 15) is 0 Å². The summed E-state index contributed by atoms with van der Waals surface area (Å²) in [7, 11) is 0. The summed E-state index contributed by atoms with van der Waals surface area (Å²) in [5.41, 5.74) is 1.11. The number of rotatable bonds is 6. The van der Waals surface area contributed by atoms with Crippen LogP contribution in [-0.4, -0.2) is 23.3 Å². The fourth-order valence-corrected chi connectivity index (χ4v) is 3.08. The average Bonchev–Trinajstić information content (AvgIpc) is 2.84. The highest BCUT2D eigenvalue weighted by molar-refractivity contribution is 9.10. The highest BCUT2D eigenvalue weighted by Gasteiger charge is 2.08. The predicted molar refractivity (Wildman–Crippen MR) is 79.9 cm³/mol. The Kier molecular flexibility index (Phi) is 5.28. The third kappa shape index (κ3) is 3.60. The molecule has 0 saturated heterocycles. The second-order valence-corrected chi connectivity index (χ2v) is 5.90. The van der Waals surface area contributed by atoms with Crippen molar-refractivity contribution < 1.29 is 0 Å². The van der Waals surface area contributed by atoms with Gasteiger partial charge in [-0.05, 0) is 19.0 Å². The molecule has 0 aliphatic rings. The van der Waals surface area contributed by atoms with E-state index in [-0.39, 0.29) is 0 Å². The first kappa shape index (κ1) is 13.6. The zero-order chi connectivity index (χ0) is 12.8. The molecule has 0 unspecified atom stereocenters. The van der Waals surface area contributed by atoms with E-state index in [4.69, 9.17) is 0 Å². The lowest BCUT2D eigenvalue weighted by Gasteiger charge is -1.99. The molecule has 0 fully saturated rings. The van der Waals surface area contributed by atoms with Crippen molar-refractivity contribution >= 4 is 27.3 Å². The van der Waals surface area contributed by atoms with Crippen molar-refractivity contribution in [2.24, 2.45) is 0 Å². The maximum Gasteiger partial charge on any atom is 0.148 e. The van der Waals surface area contributed by atoms with Crippen molar-refractivity contribution in [2.45, 2.75) is 19.8 Å². The highest BCUT2D eigenvalue weighted by Crippen LogP contribution is 2.30. The third-order valence-corrected chi connectivity index (χ3v) is 4.22. The minimum atomic E-state index is 0.947. The van der Waals surface area contributed by atoms with Crippen LogP contribution in [0.3, 0.4) is 0 Å². The highest BCUT2D eigenvalue weighted by atomic mass is 79.9. The summed E-state index contributed by atoms with van der Waals surface area (Å²) in [6.07, 6.45) is 2.11. The van der Waals surface area contributed by atoms with Crippen molar-refractivity contribution in [1.82, 2.24) is 15.5 Å². The van der Waals surface area contributed by atoms with Crippen LogP contribution in [0.4, 0.5) is 0 Å². The summed E-state index contributed by atoms with van der Waals surface area (Å²) in [5, 5.41) is 13.9. The van der Waals surface area contributed by atoms with E-state index in [0.717, 1.165) is 39.6 Å². The Labute approximate surface area is 120 Å². The monoisotopic (exact) mass is 325 g/mol. The molecule has 5 heteroatoms. The fraction of sp³-hybridized carbons (Fsp3) is 0.385. The van der Waals surface area contributed by atoms with Gasteiger partial charge >= 0.3 is 0 Å². The molecular weight excluding hydrogens is 310 g/mol. The molecule has 0 spiro atoms. The molecule has 1 heterocycles. The van der Waals surface area contributed by atoms with E-state index in [1.165, 1.54) is 6.42 Å². The molecule has 0 atom stereocenters. The first-order valence-corrected chi connectivity index (χ1v) is 7.70. The van der Waals surface area contributed by atoms with Gasteiger partial charge in [-0.1, -0.05) is 52.4 Å². The van der Waals surface area contributed by atoms with Crippen molar-refractivity contribution in [3.8, 4) is 10.6 Å². The Morgan fingerprint density at radius 2 is 2.06 bits per heavy atom. The quantitative estimate of drug-likeness (QED) is 0.826. The molecule has 2 aromatic rings. The van der Waals surface area contributed by atoms with E-state index in [1.54, 1.807) is 11.3 Å². The van der Waals surface area contributed by atoms with Crippen molar-refractivity contribution in [2.75, 3.05) is 13.1 Å². The topological polar surface area (TPSA) is 37.8 Å². The average molecular weight is 326 g/mol. The van der Waals surface area contributed by atoms with Gasteiger partial charge in [0.05, 0.1) is 0 Å². The number of aromatic nitrogens is 2. The number of nitrogens with one attached hydrogen (secondary N) is 1. The Morgan fingerprint density at radius 3 is 2.83 bits per heavy atom. The Hall–Kier alpha value is -0.780. The van der Waals surface area contributed by atoms with Gasteiger partial charge in [0.2, 0.25) is 0 Å². The minimum Gasteiger partial charge on any atom is -0.316 e. The van der Waals surface area contributed by atoms with Crippen LogP contribution in [0.25, 0.3) is 10.6 Å². The lowest BCUT2D eigenvalue weighted by Crippen LogP contribution is -2.17. The number of benzene rings is 1. The second-order valence-electron chi connectivity index (χ2n) is 3.98. The summed E-state index contributed by atoms with van der Waals surface area (Å²) in [4.78, 5) is 0. The number of hydrogen-bond acceptors (Lipinski definition) is 4. The van der Waals surface area contributed by atoms with Gasteiger partial charge in [-0.3, -0.25) is 0 Å². The van der Waals surface area contributed by atoms with Gasteiger partial charge in [-0.25, -0.2) is 0 Å². The van der Waals surface area contributed by atoms with E-state index < -0.39 is 0 Å². The Bertz CT molecular complexity index is 498. The van der Waals surface area contributed by atoms with Gasteiger partial charge in [-0.2, -0.15) is 0 Å². The van der Waals surface area contributed by atoms with Crippen LogP contribution in [0.5, 0.6) is 0 Å². The number of nitrogens with zero attached hydrogens (tertiary/aromatic N) is 2. The summed E-state index contributed by atoms with van der Waals surface area (Å²) in [5.74, 6) is 0. The van der Waals surface area contributed by atoms with E-state index in [0.29, 0.717) is 0 Å². The molecule has 0 saturated carbocycles. The molecule has 0 aliphatic carbocycles. The van der Waals surface area contributed by atoms with Crippen LogP contribution in [-0.2, 0) is 6.42 Å². The lowest BCUT2D eigenvalue weighted by atomic mass is 10.2. The van der Waals surface area contributed by atoms with Gasteiger partial charge < -0.3 is 5.32 Å². The summed E-state index contributed by atoms with van der Waals surface area (Å²) < 4.78 is 1.07. The SMILES string of the molecule is CCCNCCc1nnc(-c2ccccc2Br)s1. The molecule has 2 rings (SSSR count). The Balaban J connectivity index is 2.00. The molecule has 0 amide bonds. The molecule has 3 nitrogen and oxygen atoms in total. The van der Waals surface area contributed by atoms with Crippen LogP contribution in [0.15, 0.2) is 28.7 Å². The molecule has 96 valence electrons. The zero-order valence-electron chi connectivity index (χ0n) is 10.3. The second kappa shape index (κ2) is 6.97. The van der Waals surface area contributed by atoms with E-state index in [1.807, 2.05) is 18.2 Å². The number of hydrogen-bond donors (Lipinski definition) is 1. The lowest BCUT2D eigenvalue weighted by molar-refractivity contribution is 0.668. The van der Waals surface area contributed by atoms with Crippen molar-refractivity contribution in [3.63, 3.8) is 0 Å². The van der Waals surface area contributed by atoms with Crippen LogP contribution in [0.1, 0.15) is 18.4 Å². The normalized spacial score (nSPS) is 10.8. The molecule has 18 heavy (non-hydrogen) atoms. The molecule has 1 aromatic heterocycles. The maximum absolute atomic E-state index is 4.26. The molecule has 1 aromatic carbocycles. The molecule has 0 aliphatic heterocycles. The first-order valence-electron chi connectivity index (χ1n) is 6.09. The molecular formula is C13H16BrN3S. The van der Waals surface area contributed by atoms with E-state index >= 15 is 0 Å². The first-order chi connectivity index (χ1) is 8.81. The van der Waals surface area contributed by atoms with Gasteiger partial charge in [0.15, 0.2) is 0 Å². The summed E-state index contributed by atoms with van der Waals surface area (Å²) in [6, 6.07) is 8.11. The molecule has 0 bridgehead atoms. The Morgan fingerprint density at radius 1 is 1.22 bits per heavy atom. The van der Waals surface area contributed by atoms with Crippen LogP contribution in [0, 0.1) is 0 Å². The van der Waals surface area contributed by atoms with Crippen molar-refractivity contribution in [1.29, 1.82) is 0 Å². The van der Waals surface area contributed by atoms with Gasteiger partial charge in [0, 0.05) is 23.0 Å². The largest absolute Gasteiger partial charge is 0.316 e. The zero-order valence-corrected chi connectivity index (χ0v) is 12.7. The maximum atomic E-state index is 4.26. The molecule has 1 N–H and O–H groups in total.